The lowest BCUT2D eigenvalue weighted by Crippen LogP contribution is -2.47. The lowest BCUT2D eigenvalue weighted by molar-refractivity contribution is -0.134. The summed E-state index contributed by atoms with van der Waals surface area (Å²) in [6, 6.07) is 4.61. The predicted molar refractivity (Wildman–Crippen MR) is 106 cm³/mol. The number of hydrogen-bond acceptors (Lipinski definition) is 3. The first-order chi connectivity index (χ1) is 13.0. The first kappa shape index (κ1) is 20.0. The van der Waals surface area contributed by atoms with E-state index in [0.29, 0.717) is 35.2 Å². The molecule has 2 fully saturated rings. The third kappa shape index (κ3) is 4.57. The Kier molecular flexibility index (Phi) is 6.64. The fourth-order valence-corrected chi connectivity index (χ4v) is 4.54. The van der Waals surface area contributed by atoms with Crippen LogP contribution in [0.3, 0.4) is 0 Å². The number of benzene rings is 1. The lowest BCUT2D eigenvalue weighted by atomic mass is 9.89. The zero-order chi connectivity index (χ0) is 19.4. The zero-order valence-corrected chi connectivity index (χ0v) is 17.0. The van der Waals surface area contributed by atoms with Gasteiger partial charge in [0.15, 0.2) is 0 Å². The molecule has 1 aromatic rings. The highest BCUT2D eigenvalue weighted by atomic mass is 35.5. The van der Waals surface area contributed by atoms with E-state index in [2.05, 4.69) is 0 Å². The van der Waals surface area contributed by atoms with Gasteiger partial charge >= 0.3 is 0 Å². The monoisotopic (exact) mass is 392 g/mol. The van der Waals surface area contributed by atoms with Gasteiger partial charge in [-0.25, -0.2) is 0 Å². The molecule has 2 amide bonds. The Hall–Kier alpha value is -1.75. The normalized spacial score (nSPS) is 20.6. The van der Waals surface area contributed by atoms with Crippen LogP contribution in [0, 0.1) is 5.92 Å². The molecule has 27 heavy (non-hydrogen) atoms. The Morgan fingerprint density at radius 1 is 1.19 bits per heavy atom. The molecule has 1 heterocycles. The van der Waals surface area contributed by atoms with E-state index in [1.807, 2.05) is 11.9 Å². The van der Waals surface area contributed by atoms with Crippen LogP contribution in [0.5, 0.6) is 5.75 Å². The number of amides is 2. The van der Waals surface area contributed by atoms with Gasteiger partial charge in [-0.15, -0.1) is 0 Å². The van der Waals surface area contributed by atoms with E-state index >= 15 is 0 Å². The van der Waals surface area contributed by atoms with Gasteiger partial charge in [-0.05, 0) is 49.8 Å². The largest absolute Gasteiger partial charge is 0.496 e. The number of carbonyl (C=O) groups excluding carboxylic acids is 2. The second-order valence-electron chi connectivity index (χ2n) is 7.72. The highest BCUT2D eigenvalue weighted by Crippen LogP contribution is 2.29. The number of likely N-dealkylation sites (tertiary alicyclic amines) is 1. The summed E-state index contributed by atoms with van der Waals surface area (Å²) < 4.78 is 5.32. The van der Waals surface area contributed by atoms with Gasteiger partial charge in [-0.1, -0.05) is 30.9 Å². The molecule has 1 aliphatic carbocycles. The molecule has 1 unspecified atom stereocenters. The molecule has 0 spiro atoms. The van der Waals surface area contributed by atoms with E-state index in [1.54, 1.807) is 23.1 Å². The maximum Gasteiger partial charge on any atom is 0.258 e. The fraction of sp³-hybridized carbons (Fsp3) is 0.619. The molecule has 6 heteroatoms. The van der Waals surface area contributed by atoms with Gasteiger partial charge in [0, 0.05) is 25.2 Å². The molecule has 0 aromatic heterocycles. The summed E-state index contributed by atoms with van der Waals surface area (Å²) in [5, 5.41) is 0.482. The van der Waals surface area contributed by atoms with Crippen molar-refractivity contribution in [2.75, 3.05) is 27.2 Å². The predicted octanol–water partition coefficient (Wildman–Crippen LogP) is 3.99. The molecule has 0 N–H and O–H groups in total. The number of nitrogens with zero attached hydrogens (tertiary/aromatic N) is 2. The van der Waals surface area contributed by atoms with E-state index in [1.165, 1.54) is 39.2 Å². The van der Waals surface area contributed by atoms with E-state index in [9.17, 15) is 9.59 Å². The van der Waals surface area contributed by atoms with Crippen molar-refractivity contribution in [3.8, 4) is 5.75 Å². The quantitative estimate of drug-likeness (QED) is 0.761. The van der Waals surface area contributed by atoms with Crippen molar-refractivity contribution in [3.05, 3.63) is 28.8 Å². The molecule has 5 nitrogen and oxygen atoms in total. The minimum Gasteiger partial charge on any atom is -0.496 e. The Balaban J connectivity index is 1.71. The molecule has 1 aliphatic heterocycles. The molecule has 148 valence electrons. The van der Waals surface area contributed by atoms with Crippen molar-refractivity contribution >= 4 is 23.4 Å². The van der Waals surface area contributed by atoms with Crippen LogP contribution in [0.1, 0.15) is 55.3 Å². The maximum absolute atomic E-state index is 13.1. The molecule has 1 atom stereocenters. The minimum atomic E-state index is -0.394. The molecule has 0 bridgehead atoms. The first-order valence-electron chi connectivity index (χ1n) is 9.90. The second kappa shape index (κ2) is 8.96. The van der Waals surface area contributed by atoms with Crippen molar-refractivity contribution in [1.82, 2.24) is 9.80 Å². The number of halogens is 1. The average molecular weight is 393 g/mol. The summed E-state index contributed by atoms with van der Waals surface area (Å²) >= 11 is 6.08. The van der Waals surface area contributed by atoms with Gasteiger partial charge in [-0.3, -0.25) is 9.59 Å². The van der Waals surface area contributed by atoms with Crippen LogP contribution in [0.15, 0.2) is 18.2 Å². The maximum atomic E-state index is 13.1. The summed E-state index contributed by atoms with van der Waals surface area (Å²) in [7, 11) is 3.41. The molecular formula is C21H29ClN2O3. The topological polar surface area (TPSA) is 49.9 Å². The van der Waals surface area contributed by atoms with Gasteiger partial charge < -0.3 is 14.5 Å². The summed E-state index contributed by atoms with van der Waals surface area (Å²) in [5.41, 5.74) is 0.416. The highest BCUT2D eigenvalue weighted by Gasteiger charge is 2.37. The summed E-state index contributed by atoms with van der Waals surface area (Å²) in [6.07, 6.45) is 7.77. The second-order valence-corrected chi connectivity index (χ2v) is 8.16. The van der Waals surface area contributed by atoms with Crippen LogP contribution in [-0.4, -0.2) is 54.9 Å². The number of hydrogen-bond donors (Lipinski definition) is 0. The van der Waals surface area contributed by atoms with Crippen LogP contribution >= 0.6 is 11.6 Å². The van der Waals surface area contributed by atoms with Gasteiger partial charge in [-0.2, -0.15) is 0 Å². The van der Waals surface area contributed by atoms with E-state index in [-0.39, 0.29) is 11.8 Å². The molecular weight excluding hydrogens is 364 g/mol. The lowest BCUT2D eigenvalue weighted by Gasteiger charge is -2.31. The van der Waals surface area contributed by atoms with Gasteiger partial charge in [0.25, 0.3) is 5.91 Å². The highest BCUT2D eigenvalue weighted by molar-refractivity contribution is 6.31. The van der Waals surface area contributed by atoms with Crippen LogP contribution in [0.2, 0.25) is 5.02 Å². The average Bonchev–Trinajstić information content (AvgIpc) is 3.17. The Morgan fingerprint density at radius 2 is 1.93 bits per heavy atom. The summed E-state index contributed by atoms with van der Waals surface area (Å²) in [5.74, 6) is 0.938. The number of rotatable bonds is 5. The van der Waals surface area contributed by atoms with Crippen molar-refractivity contribution in [1.29, 1.82) is 0 Å². The van der Waals surface area contributed by atoms with Crippen LogP contribution in [0.25, 0.3) is 0 Å². The van der Waals surface area contributed by atoms with E-state index in [4.69, 9.17) is 16.3 Å². The molecule has 0 radical (unpaired) electrons. The molecule has 1 saturated carbocycles. The summed E-state index contributed by atoms with van der Waals surface area (Å²) in [6.45, 7) is 1.38. The van der Waals surface area contributed by atoms with Crippen molar-refractivity contribution < 1.29 is 14.3 Å². The minimum absolute atomic E-state index is 0.0485. The van der Waals surface area contributed by atoms with Crippen molar-refractivity contribution in [3.63, 3.8) is 0 Å². The summed E-state index contributed by atoms with van der Waals surface area (Å²) in [4.78, 5) is 29.7. The zero-order valence-electron chi connectivity index (χ0n) is 16.2. The molecule has 3 rings (SSSR count). The van der Waals surface area contributed by atoms with Crippen molar-refractivity contribution in [2.24, 2.45) is 5.92 Å². The Bertz CT molecular complexity index is 688. The third-order valence-corrected chi connectivity index (χ3v) is 6.06. The van der Waals surface area contributed by atoms with Gasteiger partial charge in [0.05, 0.1) is 12.7 Å². The molecule has 1 saturated heterocycles. The van der Waals surface area contributed by atoms with Gasteiger partial charge in [0.1, 0.15) is 11.8 Å². The van der Waals surface area contributed by atoms with Crippen molar-refractivity contribution in [2.45, 2.75) is 51.0 Å². The number of carbonyl (C=O) groups is 2. The van der Waals surface area contributed by atoms with E-state index < -0.39 is 6.04 Å². The van der Waals surface area contributed by atoms with Crippen LogP contribution in [-0.2, 0) is 4.79 Å². The Labute approximate surface area is 166 Å². The first-order valence-corrected chi connectivity index (χ1v) is 10.3. The SMILES string of the molecule is COc1ccc(Cl)cc1C(=O)N1CCCC1C(=O)N(C)CC1CCCCC1. The molecule has 2 aliphatic rings. The fourth-order valence-electron chi connectivity index (χ4n) is 4.37. The van der Waals surface area contributed by atoms with E-state index in [0.717, 1.165) is 13.0 Å². The van der Waals surface area contributed by atoms with Crippen LogP contribution in [0.4, 0.5) is 0 Å². The smallest absolute Gasteiger partial charge is 0.258 e. The Morgan fingerprint density at radius 3 is 2.63 bits per heavy atom. The number of likely N-dealkylation sites (N-methyl/N-ethyl adjacent to an activating group) is 1. The number of methoxy groups -OCH3 is 1. The standard InChI is InChI=1S/C21H29ClN2O3/c1-23(14-15-7-4-3-5-8-15)21(26)18-9-6-12-24(18)20(25)17-13-16(22)10-11-19(17)27-2/h10-11,13,15,18H,3-9,12,14H2,1-2H3. The van der Waals surface area contributed by atoms with Crippen LogP contribution < -0.4 is 4.74 Å². The molecule has 1 aromatic carbocycles. The van der Waals surface area contributed by atoms with Gasteiger partial charge in [0.2, 0.25) is 5.91 Å². The third-order valence-electron chi connectivity index (χ3n) is 5.82. The number of ether oxygens (including phenoxy) is 1.